The normalized spacial score (nSPS) is 11.7. The van der Waals surface area contributed by atoms with Crippen LogP contribution in [0, 0.1) is 11.6 Å². The average molecular weight is 460 g/mol. The molecule has 0 saturated heterocycles. The molecule has 3 amide bonds. The molecule has 1 atom stereocenters. The lowest BCUT2D eigenvalue weighted by Gasteiger charge is -2.17. The topological polar surface area (TPSA) is 144 Å². The molecule has 11 heteroatoms. The highest BCUT2D eigenvalue weighted by Crippen LogP contribution is 2.33. The number of hydrogen-bond donors (Lipinski definition) is 6. The zero-order valence-corrected chi connectivity index (χ0v) is 17.3. The highest BCUT2D eigenvalue weighted by atomic mass is 19.1. The Kier molecular flexibility index (Phi) is 7.44. The van der Waals surface area contributed by atoms with Crippen LogP contribution in [0.3, 0.4) is 0 Å². The number of carbonyl (C=O) groups is 3. The molecule has 3 aromatic rings. The van der Waals surface area contributed by atoms with Crippen LogP contribution in [0.5, 0.6) is 0 Å². The molecule has 1 aromatic heterocycles. The van der Waals surface area contributed by atoms with Gasteiger partial charge in [-0.25, -0.2) is 18.4 Å². The summed E-state index contributed by atoms with van der Waals surface area (Å²) in [6, 6.07) is 9.10. The Hall–Kier alpha value is -4.15. The third-order valence-electron chi connectivity index (χ3n) is 4.99. The van der Waals surface area contributed by atoms with Crippen LogP contribution in [0.25, 0.3) is 22.0 Å². The third kappa shape index (κ3) is 5.97. The Morgan fingerprint density at radius 1 is 0.970 bits per heavy atom. The van der Waals surface area contributed by atoms with E-state index in [-0.39, 0.29) is 30.7 Å². The highest BCUT2D eigenvalue weighted by molar-refractivity contribution is 6.09. The van der Waals surface area contributed by atoms with Gasteiger partial charge in [0.25, 0.3) is 5.91 Å². The third-order valence-corrected chi connectivity index (χ3v) is 4.99. The van der Waals surface area contributed by atoms with Gasteiger partial charge in [0, 0.05) is 30.1 Å². The van der Waals surface area contributed by atoms with E-state index in [0.717, 1.165) is 0 Å². The van der Waals surface area contributed by atoms with Crippen LogP contribution in [0.4, 0.5) is 18.4 Å². The van der Waals surface area contributed by atoms with E-state index in [1.807, 2.05) is 0 Å². The Labute approximate surface area is 186 Å². The van der Waals surface area contributed by atoms with Gasteiger partial charge >= 0.3 is 12.2 Å². The number of carbonyl (C=O) groups excluding carboxylic acids is 1. The predicted molar refractivity (Wildman–Crippen MR) is 116 cm³/mol. The largest absolute Gasteiger partial charge is 0.465 e. The van der Waals surface area contributed by atoms with E-state index in [9.17, 15) is 23.2 Å². The molecule has 3 rings (SSSR count). The van der Waals surface area contributed by atoms with E-state index in [1.54, 1.807) is 6.07 Å². The SMILES string of the molecule is O=C(O)NCCC[C@@H](CNC(=O)c1[nH]c2c(F)cccc2c1-c1ccc(F)cc1)NC(=O)O. The number of halogens is 2. The molecule has 9 nitrogen and oxygen atoms in total. The molecule has 0 aliphatic carbocycles. The van der Waals surface area contributed by atoms with Crippen LogP contribution in [0.1, 0.15) is 23.3 Å². The number of hydrogen-bond acceptors (Lipinski definition) is 3. The molecule has 1 heterocycles. The number of fused-ring (bicyclic) bond motifs is 1. The van der Waals surface area contributed by atoms with Gasteiger partial charge in [0.05, 0.1) is 5.52 Å². The van der Waals surface area contributed by atoms with E-state index in [2.05, 4.69) is 20.9 Å². The molecule has 0 spiro atoms. The summed E-state index contributed by atoms with van der Waals surface area (Å²) in [6.45, 7) is 0.0377. The fraction of sp³-hybridized carbons (Fsp3) is 0.227. The van der Waals surface area contributed by atoms with Crippen LogP contribution in [-0.4, -0.2) is 52.4 Å². The van der Waals surface area contributed by atoms with Gasteiger partial charge in [-0.05, 0) is 36.6 Å². The average Bonchev–Trinajstić information content (AvgIpc) is 3.16. The zero-order chi connectivity index (χ0) is 24.0. The lowest BCUT2D eigenvalue weighted by Crippen LogP contribution is -2.43. The van der Waals surface area contributed by atoms with Crippen LogP contribution >= 0.6 is 0 Å². The number of rotatable bonds is 9. The minimum Gasteiger partial charge on any atom is -0.465 e. The van der Waals surface area contributed by atoms with Crippen molar-refractivity contribution in [1.82, 2.24) is 20.9 Å². The van der Waals surface area contributed by atoms with Crippen LogP contribution in [0.15, 0.2) is 42.5 Å². The zero-order valence-electron chi connectivity index (χ0n) is 17.3. The molecule has 0 fully saturated rings. The Balaban J connectivity index is 1.82. The number of carboxylic acid groups (broad SMARTS) is 2. The van der Waals surface area contributed by atoms with Gasteiger partial charge in [0.1, 0.15) is 17.3 Å². The molecule has 2 aromatic carbocycles. The van der Waals surface area contributed by atoms with Gasteiger partial charge in [0.15, 0.2) is 0 Å². The van der Waals surface area contributed by atoms with E-state index < -0.39 is 35.8 Å². The van der Waals surface area contributed by atoms with Crippen molar-refractivity contribution in [2.24, 2.45) is 0 Å². The molecule has 0 radical (unpaired) electrons. The summed E-state index contributed by atoms with van der Waals surface area (Å²) in [5.74, 6) is -1.63. The number of para-hydroxylation sites is 1. The lowest BCUT2D eigenvalue weighted by atomic mass is 10.0. The predicted octanol–water partition coefficient (Wildman–Crippen LogP) is 3.53. The van der Waals surface area contributed by atoms with E-state index in [0.29, 0.717) is 22.9 Å². The second-order valence-corrected chi connectivity index (χ2v) is 7.27. The second kappa shape index (κ2) is 10.4. The van der Waals surface area contributed by atoms with Gasteiger partial charge in [0.2, 0.25) is 0 Å². The molecule has 33 heavy (non-hydrogen) atoms. The monoisotopic (exact) mass is 460 g/mol. The maximum atomic E-state index is 14.4. The van der Waals surface area contributed by atoms with Crippen molar-refractivity contribution >= 4 is 29.0 Å². The van der Waals surface area contributed by atoms with Gasteiger partial charge in [-0.1, -0.05) is 24.3 Å². The molecule has 0 unspecified atom stereocenters. The van der Waals surface area contributed by atoms with Crippen molar-refractivity contribution in [3.05, 3.63) is 59.8 Å². The minimum absolute atomic E-state index is 0.0447. The molecule has 0 aliphatic rings. The van der Waals surface area contributed by atoms with E-state index >= 15 is 0 Å². The van der Waals surface area contributed by atoms with Crippen molar-refractivity contribution in [3.63, 3.8) is 0 Å². The van der Waals surface area contributed by atoms with Crippen LogP contribution < -0.4 is 16.0 Å². The summed E-state index contributed by atoms with van der Waals surface area (Å²) in [6.07, 6.45) is -1.88. The molecule has 6 N–H and O–H groups in total. The van der Waals surface area contributed by atoms with Crippen LogP contribution in [-0.2, 0) is 0 Å². The van der Waals surface area contributed by atoms with E-state index in [4.69, 9.17) is 10.2 Å². The Bertz CT molecular complexity index is 1160. The summed E-state index contributed by atoms with van der Waals surface area (Å²) in [7, 11) is 0. The Morgan fingerprint density at radius 2 is 1.70 bits per heavy atom. The summed E-state index contributed by atoms with van der Waals surface area (Å²) >= 11 is 0. The number of aromatic nitrogens is 1. The van der Waals surface area contributed by atoms with Crippen molar-refractivity contribution in [1.29, 1.82) is 0 Å². The maximum Gasteiger partial charge on any atom is 0.404 e. The van der Waals surface area contributed by atoms with Crippen molar-refractivity contribution < 1.29 is 33.4 Å². The summed E-state index contributed by atoms with van der Waals surface area (Å²) in [5.41, 5.74) is 1.04. The number of H-pyrrole nitrogens is 1. The summed E-state index contributed by atoms with van der Waals surface area (Å²) < 4.78 is 27.8. The minimum atomic E-state index is -1.29. The molecular formula is C22H22F2N4O5. The Morgan fingerprint density at radius 3 is 2.36 bits per heavy atom. The van der Waals surface area contributed by atoms with Crippen molar-refractivity contribution in [2.75, 3.05) is 13.1 Å². The fourth-order valence-corrected chi connectivity index (χ4v) is 3.52. The maximum absolute atomic E-state index is 14.4. The van der Waals surface area contributed by atoms with Gasteiger partial charge < -0.3 is 31.1 Å². The molecule has 0 aliphatic heterocycles. The fourth-order valence-electron chi connectivity index (χ4n) is 3.52. The molecule has 174 valence electrons. The van der Waals surface area contributed by atoms with Gasteiger partial charge in [-0.3, -0.25) is 4.79 Å². The van der Waals surface area contributed by atoms with Crippen LogP contribution in [0.2, 0.25) is 0 Å². The quantitative estimate of drug-likeness (QED) is 0.271. The van der Waals surface area contributed by atoms with Gasteiger partial charge in [-0.15, -0.1) is 0 Å². The highest BCUT2D eigenvalue weighted by Gasteiger charge is 2.22. The molecule has 0 bridgehead atoms. The molecule has 0 saturated carbocycles. The first-order valence-electron chi connectivity index (χ1n) is 10.1. The van der Waals surface area contributed by atoms with E-state index in [1.165, 1.54) is 36.4 Å². The van der Waals surface area contributed by atoms with Crippen molar-refractivity contribution in [3.8, 4) is 11.1 Å². The second-order valence-electron chi connectivity index (χ2n) is 7.27. The van der Waals surface area contributed by atoms with Gasteiger partial charge in [-0.2, -0.15) is 0 Å². The standard InChI is InChI=1S/C22H22F2N4O5/c23-13-8-6-12(7-9-13)17-15-4-1-5-16(24)18(15)28-19(17)20(29)26-11-14(27-22(32)33)3-2-10-25-21(30)31/h1,4-9,14,25,27-28H,2-3,10-11H2,(H,26,29)(H,30,31)(H,32,33)/t14-/m0/s1. The number of amides is 3. The molecular weight excluding hydrogens is 438 g/mol. The smallest absolute Gasteiger partial charge is 0.404 e. The first-order valence-corrected chi connectivity index (χ1v) is 10.1. The lowest BCUT2D eigenvalue weighted by molar-refractivity contribution is 0.0944. The number of benzene rings is 2. The first kappa shape index (κ1) is 23.5. The summed E-state index contributed by atoms with van der Waals surface area (Å²) in [4.78, 5) is 37.4. The summed E-state index contributed by atoms with van der Waals surface area (Å²) in [5, 5.41) is 25.2. The number of nitrogens with one attached hydrogen (secondary N) is 4. The first-order chi connectivity index (χ1) is 15.8. The number of aromatic amines is 1. The van der Waals surface area contributed by atoms with Crippen molar-refractivity contribution in [2.45, 2.75) is 18.9 Å².